The summed E-state index contributed by atoms with van der Waals surface area (Å²) >= 11 is 0.956. The van der Waals surface area contributed by atoms with E-state index >= 15 is 0 Å². The van der Waals surface area contributed by atoms with Crippen molar-refractivity contribution in [2.45, 2.75) is 75.4 Å². The van der Waals surface area contributed by atoms with Crippen molar-refractivity contribution in [3.05, 3.63) is 40.4 Å². The maximum absolute atomic E-state index is 13.4. The van der Waals surface area contributed by atoms with E-state index in [1.807, 2.05) is 0 Å². The molecule has 266 valence electrons. The number of nitrogen functional groups attached to an aromatic ring is 1. The molecule has 0 radical (unpaired) electrons. The van der Waals surface area contributed by atoms with Gasteiger partial charge in [0, 0.05) is 29.6 Å². The van der Waals surface area contributed by atoms with Crippen LogP contribution in [0.1, 0.15) is 50.4 Å². The number of hydrogen-bond donors (Lipinski definition) is 8. The number of aromatic nitrogens is 1. The van der Waals surface area contributed by atoms with Gasteiger partial charge in [-0.1, -0.05) is 5.16 Å². The van der Waals surface area contributed by atoms with Crippen LogP contribution < -0.4 is 26.4 Å². The van der Waals surface area contributed by atoms with E-state index in [1.54, 1.807) is 18.2 Å². The topological polar surface area (TPSA) is 288 Å². The van der Waals surface area contributed by atoms with Crippen molar-refractivity contribution in [2.75, 3.05) is 18.9 Å². The minimum absolute atomic E-state index is 0.0116. The summed E-state index contributed by atoms with van der Waals surface area (Å²) in [5, 5.41) is 42.5. The van der Waals surface area contributed by atoms with Gasteiger partial charge >= 0.3 is 16.4 Å². The van der Waals surface area contributed by atoms with Gasteiger partial charge in [-0.25, -0.2) is 9.78 Å². The van der Waals surface area contributed by atoms with E-state index in [1.165, 1.54) is 26.2 Å². The van der Waals surface area contributed by atoms with Crippen molar-refractivity contribution in [1.29, 1.82) is 5.41 Å². The monoisotopic (exact) mass is 724 g/mol. The predicted octanol–water partition coefficient (Wildman–Crippen LogP) is -0.839. The molecule has 5 atom stereocenters. The van der Waals surface area contributed by atoms with Crippen LogP contribution in [0.15, 0.2) is 28.7 Å². The van der Waals surface area contributed by atoms with Crippen LogP contribution in [0.2, 0.25) is 0 Å². The Labute approximate surface area is 284 Å². The number of carbonyl (C=O) groups excluding carboxylic acids is 2. The fraction of sp³-hybridized carbons (Fsp3) is 0.500. The number of carbonyl (C=O) groups is 3. The second kappa shape index (κ2) is 13.5. The molecule has 0 unspecified atom stereocenters. The Kier molecular flexibility index (Phi) is 9.87. The summed E-state index contributed by atoms with van der Waals surface area (Å²) in [4.78, 5) is 48.3. The molecule has 0 bridgehead atoms. The average molecular weight is 725 g/mol. The van der Waals surface area contributed by atoms with E-state index in [4.69, 9.17) is 25.3 Å². The van der Waals surface area contributed by atoms with Crippen LogP contribution in [-0.2, 0) is 40.3 Å². The fourth-order valence-electron chi connectivity index (χ4n) is 5.68. The number of fused-ring (bicyclic) bond motifs is 1. The molecule has 3 aliphatic heterocycles. The molecule has 1 aromatic heterocycles. The van der Waals surface area contributed by atoms with Crippen LogP contribution in [0, 0.1) is 5.41 Å². The number of aliphatic hydroxyl groups is 1. The van der Waals surface area contributed by atoms with Crippen LogP contribution in [-0.4, -0.2) is 111 Å². The maximum atomic E-state index is 13.4. The summed E-state index contributed by atoms with van der Waals surface area (Å²) in [5.41, 5.74) is 2.89. The highest BCUT2D eigenvalue weighted by Crippen LogP contribution is 2.35. The highest BCUT2D eigenvalue weighted by Gasteiger charge is 2.58. The molecule has 49 heavy (non-hydrogen) atoms. The third-order valence-corrected chi connectivity index (χ3v) is 9.56. The zero-order chi connectivity index (χ0) is 35.9. The van der Waals surface area contributed by atoms with E-state index in [2.05, 4.69) is 30.4 Å². The Balaban J connectivity index is 1.32. The molecule has 9 N–H and O–H groups in total. The number of nitrogens with one attached hydrogen (secondary N) is 4. The van der Waals surface area contributed by atoms with Crippen molar-refractivity contribution in [1.82, 2.24) is 26.0 Å². The van der Waals surface area contributed by atoms with E-state index in [0.717, 1.165) is 16.9 Å². The van der Waals surface area contributed by atoms with Crippen LogP contribution >= 0.6 is 11.3 Å². The lowest BCUT2D eigenvalue weighted by Crippen LogP contribution is -2.76. The molecule has 0 aliphatic carbocycles. The lowest BCUT2D eigenvalue weighted by Gasteiger charge is -2.50. The second-order valence-corrected chi connectivity index (χ2v) is 14.3. The number of benzene rings is 1. The van der Waals surface area contributed by atoms with Gasteiger partial charge in [-0.15, -0.1) is 15.6 Å². The van der Waals surface area contributed by atoms with Gasteiger partial charge in [-0.3, -0.25) is 19.6 Å². The Hall–Kier alpha value is -4.41. The molecule has 21 heteroatoms. The number of nitrogens with two attached hydrogens (primary N) is 1. The number of carboxylic acids is 1. The summed E-state index contributed by atoms with van der Waals surface area (Å²) in [5.74, 6) is -2.91. The zero-order valence-electron chi connectivity index (χ0n) is 26.5. The summed E-state index contributed by atoms with van der Waals surface area (Å²) < 4.78 is 41.7. The van der Waals surface area contributed by atoms with Gasteiger partial charge in [0.2, 0.25) is 0 Å². The molecule has 2 amide bonds. The van der Waals surface area contributed by atoms with Crippen molar-refractivity contribution in [2.24, 2.45) is 5.16 Å². The number of hydroxylamine groups is 2. The standard InChI is InChI=1S/C28H36N8O11S2/c1-27(2)21(24(39)36(27)47-49(42,43)44)34-23(38)20(17-12-48-26(30)33-17)35-46-28(3,25(40)41)19-7-5-13-8-14(4-6-18(13)45-19)22(29)32-15-9-16(11-37)31-10-15/h4,6,8,12,15-16,19,21,31,37H,5,7,9-11H2,1-3H3,(H2,29,32)(H2,30,33)(H,34,38)(H,40,41)(H,42,43,44)/b35-20-/t15-,16-,19-,21-,28+/m1/s1. The van der Waals surface area contributed by atoms with E-state index < -0.39 is 57.2 Å². The van der Waals surface area contributed by atoms with Gasteiger partial charge in [0.05, 0.1) is 12.1 Å². The second-order valence-electron chi connectivity index (χ2n) is 12.4. The van der Waals surface area contributed by atoms with Crippen molar-refractivity contribution in [3.63, 3.8) is 0 Å². The van der Waals surface area contributed by atoms with Gasteiger partial charge in [0.25, 0.3) is 17.4 Å². The number of hydrogen-bond acceptors (Lipinski definition) is 15. The first-order chi connectivity index (χ1) is 22.9. The Morgan fingerprint density at radius 3 is 2.67 bits per heavy atom. The molecule has 5 rings (SSSR count). The molecule has 0 spiro atoms. The van der Waals surface area contributed by atoms with Gasteiger partial charge in [0.1, 0.15) is 23.3 Å². The average Bonchev–Trinajstić information content (AvgIpc) is 3.69. The Morgan fingerprint density at radius 1 is 1.35 bits per heavy atom. The summed E-state index contributed by atoms with van der Waals surface area (Å²) in [7, 11) is -5.04. The minimum Gasteiger partial charge on any atom is -0.485 e. The summed E-state index contributed by atoms with van der Waals surface area (Å²) in [6.07, 6.45) is 0.115. The van der Waals surface area contributed by atoms with E-state index in [0.29, 0.717) is 35.8 Å². The number of aryl methyl sites for hydroxylation is 1. The summed E-state index contributed by atoms with van der Waals surface area (Å²) in [6.45, 7) is 4.58. The third kappa shape index (κ3) is 7.45. The van der Waals surface area contributed by atoms with Gasteiger partial charge in [-0.05, 0) is 63.8 Å². The predicted molar refractivity (Wildman–Crippen MR) is 172 cm³/mol. The highest BCUT2D eigenvalue weighted by molar-refractivity contribution is 7.80. The number of amidine groups is 1. The number of β-lactam (4-membered cyclic amide) rings is 1. The number of amides is 2. The van der Waals surface area contributed by atoms with E-state index in [-0.39, 0.29) is 41.8 Å². The smallest absolute Gasteiger partial charge is 0.418 e. The molecule has 4 heterocycles. The van der Waals surface area contributed by atoms with Crippen molar-refractivity contribution in [3.8, 4) is 5.75 Å². The molecule has 19 nitrogen and oxygen atoms in total. The van der Waals surface area contributed by atoms with E-state index in [9.17, 15) is 33.0 Å². The number of anilines is 1. The Morgan fingerprint density at radius 2 is 2.08 bits per heavy atom. The first-order valence-electron chi connectivity index (χ1n) is 14.9. The van der Waals surface area contributed by atoms with Crippen LogP contribution in [0.3, 0.4) is 0 Å². The largest absolute Gasteiger partial charge is 0.485 e. The highest BCUT2D eigenvalue weighted by atomic mass is 32.3. The molecular weight excluding hydrogens is 688 g/mol. The molecule has 0 saturated carbocycles. The SMILES string of the molecule is CC1(C)[C@H](NC(=O)/C(=N\O[C@](C)(C(=O)O)[C@H]2CCc3cc(C(=N)N[C@H]4CN[C@@H](CO)C4)ccc3O2)c2csc(N)n2)C(=O)N1OS(=O)(=O)O. The summed E-state index contributed by atoms with van der Waals surface area (Å²) in [6, 6.07) is 3.69. The van der Waals surface area contributed by atoms with Crippen molar-refractivity contribution >= 4 is 56.2 Å². The normalized spacial score (nSPS) is 24.6. The number of rotatable bonds is 12. The van der Waals surface area contributed by atoms with Gasteiger partial charge < -0.3 is 41.5 Å². The lowest BCUT2D eigenvalue weighted by molar-refractivity contribution is -0.218. The van der Waals surface area contributed by atoms with Gasteiger partial charge in [0.15, 0.2) is 16.9 Å². The first-order valence-corrected chi connectivity index (χ1v) is 17.2. The molecule has 2 aromatic rings. The molecule has 3 aliphatic rings. The van der Waals surface area contributed by atoms with Crippen molar-refractivity contribution < 1.29 is 51.4 Å². The number of aliphatic hydroxyl groups excluding tert-OH is 1. The molecule has 2 fully saturated rings. The van der Waals surface area contributed by atoms with Gasteiger partial charge in [-0.2, -0.15) is 13.5 Å². The number of ether oxygens (including phenoxy) is 1. The van der Waals surface area contributed by atoms with Crippen LogP contribution in [0.4, 0.5) is 5.13 Å². The van der Waals surface area contributed by atoms with Crippen LogP contribution in [0.5, 0.6) is 5.75 Å². The molecule has 1 aromatic carbocycles. The third-order valence-electron chi connectivity index (χ3n) is 8.55. The maximum Gasteiger partial charge on any atom is 0.418 e. The minimum atomic E-state index is -5.04. The fourth-order valence-corrected chi connectivity index (χ4v) is 6.69. The number of oxime groups is 1. The molecule has 2 saturated heterocycles. The molecular formula is C28H36N8O11S2. The quantitative estimate of drug-likeness (QED) is 0.0435. The lowest BCUT2D eigenvalue weighted by atomic mass is 9.84. The number of thiazole rings is 1. The van der Waals surface area contributed by atoms with Crippen LogP contribution in [0.25, 0.3) is 0 Å². The zero-order valence-corrected chi connectivity index (χ0v) is 28.1. The Bertz CT molecular complexity index is 1800. The first kappa shape index (κ1) is 35.9. The number of carboxylic acid groups (broad SMARTS) is 1. The number of aliphatic carboxylic acids is 1. The number of nitrogens with zero attached hydrogens (tertiary/aromatic N) is 3.